The summed E-state index contributed by atoms with van der Waals surface area (Å²) in [4.78, 5) is 36.4. The van der Waals surface area contributed by atoms with Crippen LogP contribution in [0, 0.1) is 0 Å². The van der Waals surface area contributed by atoms with Gasteiger partial charge in [-0.15, -0.1) is 0 Å². The lowest BCUT2D eigenvalue weighted by atomic mass is 10.1. The van der Waals surface area contributed by atoms with Gasteiger partial charge in [-0.2, -0.15) is 0 Å². The number of carbonyl (C=O) groups is 3. The molecule has 0 aliphatic carbocycles. The quantitative estimate of drug-likeness (QED) is 0.847. The van der Waals surface area contributed by atoms with Gasteiger partial charge in [0.25, 0.3) is 0 Å². The van der Waals surface area contributed by atoms with Crippen molar-refractivity contribution < 1.29 is 19.5 Å². The third-order valence-electron chi connectivity index (χ3n) is 3.57. The molecule has 1 aliphatic rings. The maximum Gasteiger partial charge on any atom is 0.326 e. The van der Waals surface area contributed by atoms with Gasteiger partial charge in [0.2, 0.25) is 5.91 Å². The molecule has 1 aromatic carbocycles. The molecule has 0 radical (unpaired) electrons. The molecule has 1 aromatic rings. The fraction of sp³-hybridized carbons (Fsp3) is 0.400. The number of ketones is 1. The van der Waals surface area contributed by atoms with Gasteiger partial charge in [0.1, 0.15) is 6.04 Å². The Hall–Kier alpha value is -1.88. The molecule has 1 atom stereocenters. The second-order valence-corrected chi connectivity index (χ2v) is 5.45. The fourth-order valence-corrected chi connectivity index (χ4v) is 2.68. The van der Waals surface area contributed by atoms with E-state index in [1.54, 1.807) is 24.3 Å². The Morgan fingerprint density at radius 1 is 1.29 bits per heavy atom. The number of carboxylic acid groups (broad SMARTS) is 1. The van der Waals surface area contributed by atoms with Crippen LogP contribution in [0.25, 0.3) is 0 Å². The van der Waals surface area contributed by atoms with Crippen molar-refractivity contribution in [3.8, 4) is 0 Å². The molecular formula is C15H16ClNO4. The van der Waals surface area contributed by atoms with Crippen LogP contribution in [-0.4, -0.2) is 40.3 Å². The predicted molar refractivity (Wildman–Crippen MR) is 77.4 cm³/mol. The smallest absolute Gasteiger partial charge is 0.326 e. The summed E-state index contributed by atoms with van der Waals surface area (Å²) in [5, 5.41) is 9.51. The zero-order valence-corrected chi connectivity index (χ0v) is 12.2. The average molecular weight is 310 g/mol. The highest BCUT2D eigenvalue weighted by Crippen LogP contribution is 2.19. The van der Waals surface area contributed by atoms with Gasteiger partial charge in [-0.25, -0.2) is 4.79 Å². The van der Waals surface area contributed by atoms with Gasteiger partial charge in [-0.1, -0.05) is 23.7 Å². The number of hydrogen-bond acceptors (Lipinski definition) is 3. The van der Waals surface area contributed by atoms with Crippen LogP contribution in [-0.2, 0) is 9.59 Å². The van der Waals surface area contributed by atoms with Gasteiger partial charge in [-0.3, -0.25) is 9.59 Å². The molecular weight excluding hydrogens is 294 g/mol. The van der Waals surface area contributed by atoms with Crippen molar-refractivity contribution >= 4 is 29.3 Å². The van der Waals surface area contributed by atoms with Crippen LogP contribution in [0.5, 0.6) is 0 Å². The summed E-state index contributed by atoms with van der Waals surface area (Å²) < 4.78 is 0. The van der Waals surface area contributed by atoms with E-state index in [9.17, 15) is 14.4 Å². The summed E-state index contributed by atoms with van der Waals surface area (Å²) in [6, 6.07) is 5.81. The van der Waals surface area contributed by atoms with Crippen molar-refractivity contribution in [3.05, 3.63) is 34.9 Å². The standard InChI is InChI=1S/C15H16ClNO4/c16-11-4-1-3-10(9-11)13(18)6-7-14(19)17-8-2-5-12(17)15(20)21/h1,3-4,9,12H,2,5-8H2,(H,20,21)/t12-/m0/s1. The molecule has 1 N–H and O–H groups in total. The monoisotopic (exact) mass is 309 g/mol. The molecule has 0 saturated carbocycles. The molecule has 2 rings (SSSR count). The first-order valence-corrected chi connectivity index (χ1v) is 7.18. The second-order valence-electron chi connectivity index (χ2n) is 5.02. The Kier molecular flexibility index (Phi) is 4.96. The van der Waals surface area contributed by atoms with Gasteiger partial charge in [0.05, 0.1) is 0 Å². The van der Waals surface area contributed by atoms with Crippen LogP contribution >= 0.6 is 11.6 Å². The fourth-order valence-electron chi connectivity index (χ4n) is 2.49. The molecule has 1 amide bonds. The average Bonchev–Trinajstić information content (AvgIpc) is 2.94. The maximum atomic E-state index is 12.0. The van der Waals surface area contributed by atoms with E-state index in [2.05, 4.69) is 0 Å². The van der Waals surface area contributed by atoms with Gasteiger partial charge >= 0.3 is 5.97 Å². The Bertz CT molecular complexity index is 573. The summed E-state index contributed by atoms with van der Waals surface area (Å²) in [5.74, 6) is -1.44. The number of rotatable bonds is 5. The molecule has 1 fully saturated rings. The first kappa shape index (κ1) is 15.5. The molecule has 1 heterocycles. The predicted octanol–water partition coefficient (Wildman–Crippen LogP) is 2.38. The molecule has 1 aliphatic heterocycles. The van der Waals surface area contributed by atoms with Crippen LogP contribution in [0.15, 0.2) is 24.3 Å². The molecule has 5 nitrogen and oxygen atoms in total. The molecule has 21 heavy (non-hydrogen) atoms. The number of carboxylic acids is 1. The molecule has 0 spiro atoms. The Labute approximate surface area is 127 Å². The third-order valence-corrected chi connectivity index (χ3v) is 3.81. The topological polar surface area (TPSA) is 74.7 Å². The normalized spacial score (nSPS) is 17.8. The van der Waals surface area contributed by atoms with Crippen molar-refractivity contribution in [3.63, 3.8) is 0 Å². The van der Waals surface area contributed by atoms with Crippen molar-refractivity contribution in [2.45, 2.75) is 31.7 Å². The maximum absolute atomic E-state index is 12.0. The largest absolute Gasteiger partial charge is 0.480 e. The number of halogens is 1. The molecule has 112 valence electrons. The number of amides is 1. The molecule has 6 heteroatoms. The number of aliphatic carboxylic acids is 1. The van der Waals surface area contributed by atoms with Crippen LogP contribution in [0.3, 0.4) is 0 Å². The Balaban J connectivity index is 1.92. The lowest BCUT2D eigenvalue weighted by Gasteiger charge is -2.21. The highest BCUT2D eigenvalue weighted by Gasteiger charge is 2.33. The summed E-state index contributed by atoms with van der Waals surface area (Å²) >= 11 is 5.82. The van der Waals surface area contributed by atoms with E-state index >= 15 is 0 Å². The minimum Gasteiger partial charge on any atom is -0.480 e. The molecule has 0 unspecified atom stereocenters. The SMILES string of the molecule is O=C(CCC(=O)N1CCC[C@H]1C(=O)O)c1cccc(Cl)c1. The number of nitrogens with zero attached hydrogens (tertiary/aromatic N) is 1. The Morgan fingerprint density at radius 2 is 2.05 bits per heavy atom. The number of benzene rings is 1. The van der Waals surface area contributed by atoms with E-state index in [0.29, 0.717) is 30.0 Å². The van der Waals surface area contributed by atoms with Crippen molar-refractivity contribution in [1.29, 1.82) is 0 Å². The minimum atomic E-state index is -0.984. The summed E-state index contributed by atoms with van der Waals surface area (Å²) in [7, 11) is 0. The summed E-state index contributed by atoms with van der Waals surface area (Å²) in [6.07, 6.45) is 1.24. The van der Waals surface area contributed by atoms with E-state index in [4.69, 9.17) is 16.7 Å². The van der Waals surface area contributed by atoms with Crippen molar-refractivity contribution in [1.82, 2.24) is 4.90 Å². The van der Waals surface area contributed by atoms with Crippen molar-refractivity contribution in [2.75, 3.05) is 6.54 Å². The molecule has 0 bridgehead atoms. The van der Waals surface area contributed by atoms with Gasteiger partial charge in [0, 0.05) is 30.0 Å². The van der Waals surface area contributed by atoms with Crippen LogP contribution < -0.4 is 0 Å². The summed E-state index contributed by atoms with van der Waals surface area (Å²) in [6.45, 7) is 0.446. The minimum absolute atomic E-state index is 0.0229. The number of likely N-dealkylation sites (tertiary alicyclic amines) is 1. The lowest BCUT2D eigenvalue weighted by Crippen LogP contribution is -2.40. The number of carbonyl (C=O) groups excluding carboxylic acids is 2. The zero-order chi connectivity index (χ0) is 15.4. The molecule has 1 saturated heterocycles. The van der Waals surface area contributed by atoms with E-state index in [-0.39, 0.29) is 24.5 Å². The van der Waals surface area contributed by atoms with Crippen LogP contribution in [0.2, 0.25) is 5.02 Å². The van der Waals surface area contributed by atoms with E-state index in [1.165, 1.54) is 4.90 Å². The molecule has 0 aromatic heterocycles. The van der Waals surface area contributed by atoms with Gasteiger partial charge in [0.15, 0.2) is 5.78 Å². The first-order valence-electron chi connectivity index (χ1n) is 6.80. The van der Waals surface area contributed by atoms with Gasteiger partial charge < -0.3 is 10.0 Å². The van der Waals surface area contributed by atoms with E-state index in [0.717, 1.165) is 0 Å². The first-order chi connectivity index (χ1) is 9.99. The summed E-state index contributed by atoms with van der Waals surface area (Å²) in [5.41, 5.74) is 0.464. The Morgan fingerprint density at radius 3 is 2.71 bits per heavy atom. The second kappa shape index (κ2) is 6.72. The van der Waals surface area contributed by atoms with E-state index in [1.807, 2.05) is 0 Å². The van der Waals surface area contributed by atoms with E-state index < -0.39 is 12.0 Å². The van der Waals surface area contributed by atoms with Crippen LogP contribution in [0.1, 0.15) is 36.0 Å². The highest BCUT2D eigenvalue weighted by atomic mass is 35.5. The highest BCUT2D eigenvalue weighted by molar-refractivity contribution is 6.31. The zero-order valence-electron chi connectivity index (χ0n) is 11.4. The van der Waals surface area contributed by atoms with Gasteiger partial charge in [-0.05, 0) is 25.0 Å². The number of Topliss-reactive ketones (excluding diaryl/α,β-unsaturated/α-hetero) is 1. The lowest BCUT2D eigenvalue weighted by molar-refractivity contribution is -0.148. The van der Waals surface area contributed by atoms with Crippen molar-refractivity contribution in [2.24, 2.45) is 0 Å². The van der Waals surface area contributed by atoms with Crippen LogP contribution in [0.4, 0.5) is 0 Å². The third kappa shape index (κ3) is 3.82. The number of hydrogen-bond donors (Lipinski definition) is 1.